The molecule has 0 aliphatic carbocycles. The molecule has 4 rings (SSSR count). The van der Waals surface area contributed by atoms with Crippen molar-refractivity contribution < 1.29 is 13.2 Å². The van der Waals surface area contributed by atoms with Gasteiger partial charge in [-0.3, -0.25) is 4.79 Å². The quantitative estimate of drug-likeness (QED) is 0.465. The highest BCUT2D eigenvalue weighted by Gasteiger charge is 2.50. The van der Waals surface area contributed by atoms with Crippen molar-refractivity contribution in [3.63, 3.8) is 0 Å². The fourth-order valence-electron chi connectivity index (χ4n) is 3.90. The van der Waals surface area contributed by atoms with Gasteiger partial charge in [-0.2, -0.15) is 5.26 Å². The number of sulfonamides is 1. The second-order valence-electron chi connectivity index (χ2n) is 7.37. The van der Waals surface area contributed by atoms with E-state index in [4.69, 9.17) is 17.3 Å². The lowest BCUT2D eigenvalue weighted by atomic mass is 9.84. The van der Waals surface area contributed by atoms with Crippen LogP contribution >= 0.6 is 27.5 Å². The second kappa shape index (κ2) is 9.02. The summed E-state index contributed by atoms with van der Waals surface area (Å²) in [5.41, 5.74) is 7.20. The number of nitrogens with zero attached hydrogens (tertiary/aromatic N) is 2. The van der Waals surface area contributed by atoms with Gasteiger partial charge in [-0.05, 0) is 42.0 Å². The molecule has 3 aromatic rings. The van der Waals surface area contributed by atoms with E-state index in [1.54, 1.807) is 54.6 Å². The highest BCUT2D eigenvalue weighted by molar-refractivity contribution is 9.10. The third-order valence-corrected chi connectivity index (χ3v) is 8.03. The summed E-state index contributed by atoms with van der Waals surface area (Å²) >= 11 is 9.30. The van der Waals surface area contributed by atoms with E-state index in [1.807, 2.05) is 6.07 Å². The van der Waals surface area contributed by atoms with Gasteiger partial charge >= 0.3 is 0 Å². The zero-order chi connectivity index (χ0) is 23.8. The van der Waals surface area contributed by atoms with Crippen molar-refractivity contribution in [3.8, 4) is 6.07 Å². The minimum atomic E-state index is -4.29. The summed E-state index contributed by atoms with van der Waals surface area (Å²) in [7, 11) is -4.29. The van der Waals surface area contributed by atoms with Crippen molar-refractivity contribution in [3.05, 3.63) is 111 Å². The van der Waals surface area contributed by atoms with E-state index in [-0.39, 0.29) is 16.3 Å². The van der Waals surface area contributed by atoms with Gasteiger partial charge in [-0.25, -0.2) is 12.7 Å². The number of carbonyl (C=O) groups excluding carboxylic acids is 1. The van der Waals surface area contributed by atoms with Gasteiger partial charge in [-0.1, -0.05) is 70.0 Å². The van der Waals surface area contributed by atoms with E-state index < -0.39 is 27.8 Å². The first kappa shape index (κ1) is 23.1. The lowest BCUT2D eigenvalue weighted by Crippen LogP contribution is -2.45. The number of halogens is 2. The molecule has 33 heavy (non-hydrogen) atoms. The summed E-state index contributed by atoms with van der Waals surface area (Å²) in [6.07, 6.45) is 0. The van der Waals surface area contributed by atoms with Crippen LogP contribution in [0.4, 0.5) is 0 Å². The van der Waals surface area contributed by atoms with E-state index >= 15 is 0 Å². The second-order valence-corrected chi connectivity index (χ2v) is 10.5. The number of nitrogens with two attached hydrogens (primary N) is 1. The number of hydrogen-bond donors (Lipinski definition) is 1. The molecule has 6 nitrogen and oxygen atoms in total. The summed E-state index contributed by atoms with van der Waals surface area (Å²) in [6.45, 7) is 0. The largest absolute Gasteiger partial charge is 0.384 e. The standard InChI is InChI=1S/C24H17BrClN3O3S/c25-17-8-6-15(7-9-17)21-20(14-27)24(28)29(22(21)23(30)16-4-2-1-3-5-16)33(31,32)19-12-10-18(26)11-13-19/h1-13,21-22H,28H2/t21-,22-/m1/s1. The van der Waals surface area contributed by atoms with Gasteiger partial charge < -0.3 is 5.73 Å². The van der Waals surface area contributed by atoms with Crippen LogP contribution in [0.15, 0.2) is 99.6 Å². The average Bonchev–Trinajstić information content (AvgIpc) is 3.12. The SMILES string of the molecule is N#CC1=C(N)N(S(=O)(=O)c2ccc(Cl)cc2)[C@@H](C(=O)c2ccccc2)[C@@H]1c1ccc(Br)cc1. The van der Waals surface area contributed by atoms with Crippen LogP contribution in [-0.4, -0.2) is 24.5 Å². The molecule has 0 radical (unpaired) electrons. The Kier molecular flexibility index (Phi) is 6.30. The van der Waals surface area contributed by atoms with Crippen molar-refractivity contribution in [2.24, 2.45) is 5.73 Å². The van der Waals surface area contributed by atoms with Crippen molar-refractivity contribution in [1.29, 1.82) is 5.26 Å². The molecule has 1 heterocycles. The van der Waals surface area contributed by atoms with Crippen LogP contribution in [0.2, 0.25) is 5.02 Å². The van der Waals surface area contributed by atoms with Gasteiger partial charge in [-0.15, -0.1) is 0 Å². The molecule has 2 atom stereocenters. The van der Waals surface area contributed by atoms with Gasteiger partial charge in [0.2, 0.25) is 0 Å². The Morgan fingerprint density at radius 2 is 1.61 bits per heavy atom. The lowest BCUT2D eigenvalue weighted by Gasteiger charge is -2.29. The third kappa shape index (κ3) is 4.15. The van der Waals surface area contributed by atoms with E-state index in [1.165, 1.54) is 24.3 Å². The number of nitriles is 1. The molecule has 1 aliphatic rings. The first-order valence-corrected chi connectivity index (χ1v) is 12.4. The van der Waals surface area contributed by atoms with Crippen LogP contribution in [0.25, 0.3) is 0 Å². The summed E-state index contributed by atoms with van der Waals surface area (Å²) < 4.78 is 29.1. The maximum Gasteiger partial charge on any atom is 0.266 e. The molecule has 166 valence electrons. The minimum absolute atomic E-state index is 0.0177. The topological polar surface area (TPSA) is 104 Å². The molecule has 0 saturated heterocycles. The monoisotopic (exact) mass is 541 g/mol. The van der Waals surface area contributed by atoms with Crippen LogP contribution in [-0.2, 0) is 10.0 Å². The van der Waals surface area contributed by atoms with Crippen molar-refractivity contribution in [1.82, 2.24) is 4.31 Å². The van der Waals surface area contributed by atoms with Crippen LogP contribution in [0.1, 0.15) is 21.8 Å². The molecule has 0 fully saturated rings. The maximum atomic E-state index is 13.7. The van der Waals surface area contributed by atoms with Crippen LogP contribution < -0.4 is 5.73 Å². The first-order chi connectivity index (χ1) is 15.8. The van der Waals surface area contributed by atoms with Crippen molar-refractivity contribution in [2.45, 2.75) is 16.9 Å². The van der Waals surface area contributed by atoms with Crippen LogP contribution in [0, 0.1) is 11.3 Å². The first-order valence-electron chi connectivity index (χ1n) is 9.80. The van der Waals surface area contributed by atoms with E-state index in [0.29, 0.717) is 16.1 Å². The Labute approximate surface area is 205 Å². The highest BCUT2D eigenvalue weighted by atomic mass is 79.9. The van der Waals surface area contributed by atoms with Crippen molar-refractivity contribution >= 4 is 43.3 Å². The zero-order valence-electron chi connectivity index (χ0n) is 17.0. The lowest BCUT2D eigenvalue weighted by molar-refractivity contribution is 0.0910. The smallest absolute Gasteiger partial charge is 0.266 e. The zero-order valence-corrected chi connectivity index (χ0v) is 20.2. The Morgan fingerprint density at radius 1 is 1.00 bits per heavy atom. The molecule has 3 aromatic carbocycles. The molecule has 0 spiro atoms. The molecule has 0 unspecified atom stereocenters. The molecular weight excluding hydrogens is 526 g/mol. The molecule has 1 aliphatic heterocycles. The molecule has 0 bridgehead atoms. The van der Waals surface area contributed by atoms with Gasteiger partial charge in [0, 0.05) is 15.1 Å². The third-order valence-electron chi connectivity index (χ3n) is 5.44. The van der Waals surface area contributed by atoms with Gasteiger partial charge in [0.25, 0.3) is 10.0 Å². The number of carbonyl (C=O) groups is 1. The maximum absolute atomic E-state index is 13.7. The Bertz CT molecular complexity index is 1380. The number of rotatable bonds is 5. The summed E-state index contributed by atoms with van der Waals surface area (Å²) in [6, 6.07) is 21.7. The summed E-state index contributed by atoms with van der Waals surface area (Å²) in [5, 5.41) is 10.3. The number of benzene rings is 3. The Morgan fingerprint density at radius 3 is 2.18 bits per heavy atom. The number of hydrogen-bond acceptors (Lipinski definition) is 5. The normalized spacial score (nSPS) is 18.3. The average molecular weight is 543 g/mol. The number of Topliss-reactive ketones (excluding diaryl/α,β-unsaturated/α-hetero) is 1. The molecule has 9 heteroatoms. The molecule has 2 N–H and O–H groups in total. The van der Waals surface area contributed by atoms with E-state index in [9.17, 15) is 18.5 Å². The predicted octanol–water partition coefficient (Wildman–Crippen LogP) is 4.84. The van der Waals surface area contributed by atoms with Crippen LogP contribution in [0.5, 0.6) is 0 Å². The Hall–Kier alpha value is -3.12. The summed E-state index contributed by atoms with van der Waals surface area (Å²) in [4.78, 5) is 13.6. The molecule has 0 amide bonds. The highest BCUT2D eigenvalue weighted by Crippen LogP contribution is 2.43. The van der Waals surface area contributed by atoms with Crippen molar-refractivity contribution in [2.75, 3.05) is 0 Å². The predicted molar refractivity (Wildman–Crippen MR) is 129 cm³/mol. The molecule has 0 saturated carbocycles. The summed E-state index contributed by atoms with van der Waals surface area (Å²) in [5.74, 6) is -1.61. The van der Waals surface area contributed by atoms with Gasteiger partial charge in [0.1, 0.15) is 11.9 Å². The van der Waals surface area contributed by atoms with E-state index in [2.05, 4.69) is 15.9 Å². The molecular formula is C24H17BrClN3O3S. The van der Waals surface area contributed by atoms with Crippen LogP contribution in [0.3, 0.4) is 0 Å². The number of ketones is 1. The minimum Gasteiger partial charge on any atom is -0.384 e. The Balaban J connectivity index is 1.94. The van der Waals surface area contributed by atoms with Gasteiger partial charge in [0.15, 0.2) is 5.78 Å². The molecule has 0 aromatic heterocycles. The fourth-order valence-corrected chi connectivity index (χ4v) is 5.87. The fraction of sp³-hybridized carbons (Fsp3) is 0.0833. The van der Waals surface area contributed by atoms with Gasteiger partial charge in [0.05, 0.1) is 22.5 Å². The van der Waals surface area contributed by atoms with E-state index in [0.717, 1.165) is 8.78 Å².